The number of hydrogen-bond acceptors (Lipinski definition) is 4. The Morgan fingerprint density at radius 2 is 1.89 bits per heavy atom. The fraction of sp³-hybridized carbons (Fsp3) is 0.579. The van der Waals surface area contributed by atoms with Gasteiger partial charge in [-0.25, -0.2) is 0 Å². The van der Waals surface area contributed by atoms with Gasteiger partial charge >= 0.3 is 12.1 Å². The van der Waals surface area contributed by atoms with Gasteiger partial charge in [-0.15, -0.1) is 0 Å². The highest BCUT2D eigenvalue weighted by Gasteiger charge is 2.39. The molecule has 3 rings (SSSR count). The molecule has 2 aliphatic rings. The van der Waals surface area contributed by atoms with Crippen molar-refractivity contribution in [3.05, 3.63) is 23.8 Å². The van der Waals surface area contributed by atoms with Crippen LogP contribution in [0.25, 0.3) is 0 Å². The highest BCUT2D eigenvalue weighted by Crippen LogP contribution is 2.40. The number of hydrogen-bond donors (Lipinski definition) is 0. The number of benzene rings is 1. The monoisotopic (exact) mass is 384 g/mol. The van der Waals surface area contributed by atoms with Crippen LogP contribution in [0.1, 0.15) is 38.2 Å². The van der Waals surface area contributed by atoms with Crippen molar-refractivity contribution >= 4 is 23.3 Å². The van der Waals surface area contributed by atoms with Gasteiger partial charge in [-0.1, -0.05) is 0 Å². The molecule has 0 saturated carbocycles. The first-order valence-electron chi connectivity index (χ1n) is 9.24. The van der Waals surface area contributed by atoms with Crippen LogP contribution in [0.2, 0.25) is 0 Å². The average molecular weight is 384 g/mol. The largest absolute Gasteiger partial charge is 0.466 e. The lowest BCUT2D eigenvalue weighted by Crippen LogP contribution is -2.33. The summed E-state index contributed by atoms with van der Waals surface area (Å²) >= 11 is 0. The van der Waals surface area contributed by atoms with Gasteiger partial charge < -0.3 is 14.5 Å². The molecule has 2 saturated heterocycles. The van der Waals surface area contributed by atoms with Crippen molar-refractivity contribution in [2.45, 2.75) is 38.8 Å². The van der Waals surface area contributed by atoms with Crippen molar-refractivity contribution in [2.75, 3.05) is 36.0 Å². The Balaban J connectivity index is 1.95. The lowest BCUT2D eigenvalue weighted by molar-refractivity contribution is -0.147. The summed E-state index contributed by atoms with van der Waals surface area (Å²) in [5, 5.41) is 0. The summed E-state index contributed by atoms with van der Waals surface area (Å²) in [4.78, 5) is 27.8. The van der Waals surface area contributed by atoms with Crippen molar-refractivity contribution < 1.29 is 27.5 Å². The summed E-state index contributed by atoms with van der Waals surface area (Å²) in [6.07, 6.45) is -1.55. The van der Waals surface area contributed by atoms with Crippen molar-refractivity contribution in [1.29, 1.82) is 0 Å². The van der Waals surface area contributed by atoms with Crippen molar-refractivity contribution in [3.8, 4) is 0 Å². The molecule has 0 unspecified atom stereocenters. The highest BCUT2D eigenvalue weighted by molar-refractivity contribution is 6.02. The summed E-state index contributed by atoms with van der Waals surface area (Å²) in [5.74, 6) is -1.49. The Morgan fingerprint density at radius 3 is 2.52 bits per heavy atom. The van der Waals surface area contributed by atoms with Crippen molar-refractivity contribution in [3.63, 3.8) is 0 Å². The zero-order valence-electron chi connectivity index (χ0n) is 15.2. The topological polar surface area (TPSA) is 49.9 Å². The molecule has 8 heteroatoms. The smallest absolute Gasteiger partial charge is 0.416 e. The third-order valence-corrected chi connectivity index (χ3v) is 5.04. The predicted octanol–water partition coefficient (Wildman–Crippen LogP) is 3.61. The molecule has 0 N–H and O–H groups in total. The fourth-order valence-electron chi connectivity index (χ4n) is 3.68. The summed E-state index contributed by atoms with van der Waals surface area (Å²) in [5.41, 5.74) is 0.0368. The third kappa shape index (κ3) is 4.20. The maximum Gasteiger partial charge on any atom is 0.416 e. The number of amides is 1. The maximum atomic E-state index is 13.2. The van der Waals surface area contributed by atoms with Crippen LogP contribution in [0, 0.1) is 5.92 Å². The molecule has 0 spiro atoms. The Hall–Kier alpha value is -2.25. The van der Waals surface area contributed by atoms with E-state index in [4.69, 9.17) is 4.74 Å². The predicted molar refractivity (Wildman–Crippen MR) is 94.6 cm³/mol. The van der Waals surface area contributed by atoms with E-state index in [1.54, 1.807) is 6.92 Å². The second-order valence-electron chi connectivity index (χ2n) is 6.91. The number of esters is 1. The van der Waals surface area contributed by atoms with Crippen molar-refractivity contribution in [1.82, 2.24) is 0 Å². The number of carbonyl (C=O) groups is 2. The number of ether oxygens (including phenoxy) is 1. The second kappa shape index (κ2) is 7.78. The minimum absolute atomic E-state index is 0.0415. The SMILES string of the molecule is CCOC(=O)[C@H]1CC(=O)N(c2cc(C(F)(F)F)ccc2N2CCCCC2)C1. The van der Waals surface area contributed by atoms with Crippen LogP contribution in [-0.4, -0.2) is 38.1 Å². The minimum Gasteiger partial charge on any atom is -0.466 e. The van der Waals surface area contributed by atoms with E-state index in [-0.39, 0.29) is 31.2 Å². The molecule has 0 bridgehead atoms. The van der Waals surface area contributed by atoms with Crippen LogP contribution in [0.5, 0.6) is 0 Å². The van der Waals surface area contributed by atoms with E-state index in [9.17, 15) is 22.8 Å². The van der Waals surface area contributed by atoms with E-state index >= 15 is 0 Å². The van der Waals surface area contributed by atoms with Gasteiger partial charge in [0.15, 0.2) is 0 Å². The number of carbonyl (C=O) groups excluding carboxylic acids is 2. The van der Waals surface area contributed by atoms with E-state index in [0.717, 1.165) is 44.5 Å². The summed E-state index contributed by atoms with van der Waals surface area (Å²) < 4.78 is 44.7. The standard InChI is InChI=1S/C19H23F3N2O3/c1-2-27-18(26)13-10-17(25)24(12-13)16-11-14(19(20,21)22)6-7-15(16)23-8-4-3-5-9-23/h6-7,11,13H,2-5,8-10,12H2,1H3/t13-/m0/s1. The number of alkyl halides is 3. The Labute approximate surface area is 156 Å². The molecular formula is C19H23F3N2O3. The highest BCUT2D eigenvalue weighted by atomic mass is 19.4. The van der Waals surface area contributed by atoms with Gasteiger partial charge in [-0.2, -0.15) is 13.2 Å². The lowest BCUT2D eigenvalue weighted by atomic mass is 10.1. The maximum absolute atomic E-state index is 13.2. The first-order valence-corrected chi connectivity index (χ1v) is 9.24. The molecule has 148 valence electrons. The molecule has 1 aromatic carbocycles. The van der Waals surface area contributed by atoms with Crippen LogP contribution in [0.4, 0.5) is 24.5 Å². The first kappa shape index (κ1) is 19.5. The molecule has 0 radical (unpaired) electrons. The van der Waals surface area contributed by atoms with Gasteiger partial charge in [0.1, 0.15) is 0 Å². The van der Waals surface area contributed by atoms with Crippen LogP contribution in [-0.2, 0) is 20.5 Å². The average Bonchev–Trinajstić information content (AvgIpc) is 3.03. The number of rotatable bonds is 4. The normalized spacial score (nSPS) is 20.9. The summed E-state index contributed by atoms with van der Waals surface area (Å²) in [6.45, 7) is 3.39. The Morgan fingerprint density at radius 1 is 1.19 bits per heavy atom. The zero-order chi connectivity index (χ0) is 19.6. The van der Waals surface area contributed by atoms with E-state index in [1.807, 2.05) is 4.90 Å². The van der Waals surface area contributed by atoms with Gasteiger partial charge in [0.05, 0.1) is 29.5 Å². The van der Waals surface area contributed by atoms with Crippen LogP contribution >= 0.6 is 0 Å². The van der Waals surface area contributed by atoms with Crippen LogP contribution in [0.15, 0.2) is 18.2 Å². The number of piperidine rings is 1. The Bertz CT molecular complexity index is 715. The zero-order valence-corrected chi connectivity index (χ0v) is 15.2. The van der Waals surface area contributed by atoms with E-state index in [2.05, 4.69) is 0 Å². The quantitative estimate of drug-likeness (QED) is 0.744. The van der Waals surface area contributed by atoms with E-state index in [0.29, 0.717) is 5.69 Å². The van der Waals surface area contributed by atoms with Gasteiger partial charge in [-0.05, 0) is 44.4 Å². The molecule has 2 aliphatic heterocycles. The lowest BCUT2D eigenvalue weighted by Gasteiger charge is -2.33. The molecule has 1 atom stereocenters. The second-order valence-corrected chi connectivity index (χ2v) is 6.91. The third-order valence-electron chi connectivity index (χ3n) is 5.04. The number of nitrogens with zero attached hydrogens (tertiary/aromatic N) is 2. The molecule has 2 fully saturated rings. The van der Waals surface area contributed by atoms with Crippen LogP contribution < -0.4 is 9.80 Å². The molecule has 0 aliphatic carbocycles. The van der Waals surface area contributed by atoms with Gasteiger partial charge in [-0.3, -0.25) is 9.59 Å². The number of anilines is 2. The molecule has 27 heavy (non-hydrogen) atoms. The minimum atomic E-state index is -4.50. The van der Waals surface area contributed by atoms with Gasteiger partial charge in [0.25, 0.3) is 0 Å². The summed E-state index contributed by atoms with van der Waals surface area (Å²) in [7, 11) is 0. The summed E-state index contributed by atoms with van der Waals surface area (Å²) in [6, 6.07) is 3.51. The molecule has 1 amide bonds. The van der Waals surface area contributed by atoms with Gasteiger partial charge in [0.2, 0.25) is 5.91 Å². The fourth-order valence-corrected chi connectivity index (χ4v) is 3.68. The van der Waals surface area contributed by atoms with Crippen molar-refractivity contribution in [2.24, 2.45) is 5.92 Å². The first-order chi connectivity index (χ1) is 12.8. The Kier molecular flexibility index (Phi) is 5.62. The molecule has 5 nitrogen and oxygen atoms in total. The molecule has 2 heterocycles. The van der Waals surface area contributed by atoms with Gasteiger partial charge in [0, 0.05) is 26.1 Å². The molecule has 0 aromatic heterocycles. The number of halogens is 3. The van der Waals surface area contributed by atoms with E-state index in [1.165, 1.54) is 11.0 Å². The molecule has 1 aromatic rings. The van der Waals surface area contributed by atoms with E-state index < -0.39 is 23.6 Å². The molecular weight excluding hydrogens is 361 g/mol. The van der Waals surface area contributed by atoms with Crippen LogP contribution in [0.3, 0.4) is 0 Å².